The molecule has 14 aromatic carbocycles. The van der Waals surface area contributed by atoms with Crippen LogP contribution in [-0.2, 0) is 0 Å². The van der Waals surface area contributed by atoms with E-state index in [1.54, 1.807) is 22.7 Å². The number of rotatable bonds is 8. The van der Waals surface area contributed by atoms with Crippen molar-refractivity contribution in [3.63, 3.8) is 0 Å². The van der Waals surface area contributed by atoms with Crippen molar-refractivity contribution < 1.29 is 23.0 Å². The van der Waals surface area contributed by atoms with E-state index in [4.69, 9.17) is 48.0 Å². The molecule has 15 nitrogen and oxygen atoms in total. The summed E-state index contributed by atoms with van der Waals surface area (Å²) in [5.41, 5.74) is 21.8. The molecule has 0 saturated heterocycles. The fourth-order valence-electron chi connectivity index (χ4n) is 14.9. The number of ether oxygens (including phenoxy) is 3. The lowest BCUT2D eigenvalue weighted by molar-refractivity contribution is 0.477. The van der Waals surface area contributed by atoms with Crippen LogP contribution < -0.4 is 28.9 Å². The fraction of sp³-hybridized carbons (Fsp3) is 0.0111. The van der Waals surface area contributed by atoms with E-state index in [1.165, 1.54) is 0 Å². The van der Waals surface area contributed by atoms with Crippen LogP contribution in [-0.4, -0.2) is 33.9 Å². The number of nitrogens with zero attached hydrogens (tertiary/aromatic N) is 10. The Morgan fingerprint density at radius 2 is 0.738 bits per heavy atom. The van der Waals surface area contributed by atoms with E-state index in [-0.39, 0.29) is 7.43 Å². The molecule has 0 aliphatic carbocycles. The van der Waals surface area contributed by atoms with Crippen molar-refractivity contribution in [3.05, 3.63) is 315 Å². The highest BCUT2D eigenvalue weighted by Gasteiger charge is 2.36. The lowest BCUT2D eigenvalue weighted by Crippen LogP contribution is -2.16. The average molecular weight is 1420 g/mol. The Bertz CT molecular complexity index is 6450. The van der Waals surface area contributed by atoms with Crippen molar-refractivity contribution in [1.82, 2.24) is 33.9 Å². The monoisotopic (exact) mass is 1420 g/mol. The molecule has 0 N–H and O–H groups in total. The minimum absolute atomic E-state index is 0. The van der Waals surface area contributed by atoms with Gasteiger partial charge in [0.2, 0.25) is 17.6 Å². The van der Waals surface area contributed by atoms with Crippen LogP contribution in [0.5, 0.6) is 34.5 Å². The number of para-hydroxylation sites is 16. The van der Waals surface area contributed by atoms with Gasteiger partial charge in [-0.3, -0.25) is 13.9 Å². The number of hydrogen-bond acceptors (Lipinski definition) is 15. The quantitative estimate of drug-likeness (QED) is 0.143. The highest BCUT2D eigenvalue weighted by molar-refractivity contribution is 7.22. The predicted molar refractivity (Wildman–Crippen MR) is 430 cm³/mol. The molecule has 17 heteroatoms. The Balaban J connectivity index is 0.000000136. The van der Waals surface area contributed by atoms with Gasteiger partial charge in [-0.15, -0.1) is 22.7 Å². The van der Waals surface area contributed by atoms with Gasteiger partial charge in [0, 0.05) is 39.7 Å². The summed E-state index contributed by atoms with van der Waals surface area (Å²) in [5.74, 6) is 6.67. The third-order valence-electron chi connectivity index (χ3n) is 19.7. The van der Waals surface area contributed by atoms with Gasteiger partial charge < -0.3 is 32.8 Å². The third kappa shape index (κ3) is 9.89. The Morgan fingerprint density at radius 3 is 1.30 bits per heavy atom. The van der Waals surface area contributed by atoms with Crippen LogP contribution in [0.25, 0.3) is 120 Å². The van der Waals surface area contributed by atoms with Crippen LogP contribution in [0.1, 0.15) is 7.43 Å². The van der Waals surface area contributed by atoms with Crippen LogP contribution in [0.3, 0.4) is 0 Å². The summed E-state index contributed by atoms with van der Waals surface area (Å²) in [6.45, 7) is 0. The Labute approximate surface area is 619 Å². The molecule has 3 aliphatic heterocycles. The van der Waals surface area contributed by atoms with E-state index < -0.39 is 0 Å². The number of thiazole rings is 2. The molecular weight excluding hydrogens is 1370 g/mol. The number of oxazole rings is 2. The van der Waals surface area contributed by atoms with Crippen molar-refractivity contribution in [2.45, 2.75) is 7.43 Å². The summed E-state index contributed by atoms with van der Waals surface area (Å²) >= 11 is 3.30. The van der Waals surface area contributed by atoms with E-state index >= 15 is 0 Å². The molecule has 0 atom stereocenters. The molecule has 107 heavy (non-hydrogen) atoms. The molecule has 0 fully saturated rings. The maximum atomic E-state index is 7.05. The summed E-state index contributed by atoms with van der Waals surface area (Å²) in [6, 6.07) is 107. The summed E-state index contributed by atoms with van der Waals surface area (Å²) in [7, 11) is 0. The molecule has 0 radical (unpaired) electrons. The Morgan fingerprint density at radius 1 is 0.299 bits per heavy atom. The van der Waals surface area contributed by atoms with Crippen molar-refractivity contribution in [3.8, 4) is 84.2 Å². The van der Waals surface area contributed by atoms with Gasteiger partial charge in [0.15, 0.2) is 45.7 Å². The molecule has 6 aromatic heterocycles. The van der Waals surface area contributed by atoms with Crippen LogP contribution >= 0.6 is 22.7 Å². The maximum Gasteiger partial charge on any atom is 0.227 e. The van der Waals surface area contributed by atoms with Crippen LogP contribution in [0, 0.1) is 0 Å². The molecule has 0 amide bonds. The summed E-state index contributed by atoms with van der Waals surface area (Å²) in [4.78, 5) is 32.8. The highest BCUT2D eigenvalue weighted by Crippen LogP contribution is 2.58. The largest absolute Gasteiger partial charge is 0.453 e. The number of imidazole rings is 2. The van der Waals surface area contributed by atoms with Crippen LogP contribution in [0.2, 0.25) is 0 Å². The third-order valence-corrected chi connectivity index (χ3v) is 21.8. The van der Waals surface area contributed by atoms with E-state index in [0.717, 1.165) is 177 Å². The first-order valence-corrected chi connectivity index (χ1v) is 36.3. The van der Waals surface area contributed by atoms with Gasteiger partial charge in [0.05, 0.1) is 76.8 Å². The first-order chi connectivity index (χ1) is 52.5. The Hall–Kier alpha value is -14.1. The second-order valence-electron chi connectivity index (χ2n) is 25.9. The number of hydrogen-bond donors (Lipinski definition) is 0. The van der Waals surface area contributed by atoms with E-state index in [1.807, 2.05) is 158 Å². The zero-order chi connectivity index (χ0) is 69.5. The SMILES string of the molecule is C.c1ccc(-c2nc3c(N4c5ccccc5Oc5ccccc54)c4sc(-c5ccccc5)nc4c(-n4c5ccccc5n5c6ccccc6nc45)c3o2)cc1.c1ccc2c(c1)Oc1ccccc1N2c1ccc(-c2nc3cc4sc(-c5ccc(N6c7ccccc7Oc7ccccc76)cc5)nc4cc3o2)cc1. The fourth-order valence-corrected chi connectivity index (χ4v) is 17.0. The predicted octanol–water partition coefficient (Wildman–Crippen LogP) is 25.7. The van der Waals surface area contributed by atoms with Gasteiger partial charge >= 0.3 is 0 Å². The first-order valence-electron chi connectivity index (χ1n) is 34.7. The highest BCUT2D eigenvalue weighted by atomic mass is 32.1. The summed E-state index contributed by atoms with van der Waals surface area (Å²) < 4.78 is 38.7. The lowest BCUT2D eigenvalue weighted by atomic mass is 10.1. The molecule has 0 unspecified atom stereocenters. The molecule has 20 aromatic rings. The van der Waals surface area contributed by atoms with Gasteiger partial charge in [0.1, 0.15) is 32.3 Å². The summed E-state index contributed by atoms with van der Waals surface area (Å²) in [6.07, 6.45) is 0. The van der Waals surface area contributed by atoms with Crippen molar-refractivity contribution in [1.29, 1.82) is 0 Å². The molecule has 23 rings (SSSR count). The first kappa shape index (κ1) is 61.5. The van der Waals surface area contributed by atoms with Gasteiger partial charge in [-0.05, 0) is 164 Å². The van der Waals surface area contributed by atoms with E-state index in [9.17, 15) is 0 Å². The topological polar surface area (TPSA) is 137 Å². The molecular formula is C90H56N10O5S2. The van der Waals surface area contributed by atoms with Crippen LogP contribution in [0.15, 0.2) is 324 Å². The smallest absolute Gasteiger partial charge is 0.227 e. The zero-order valence-corrected chi connectivity index (χ0v) is 57.5. The van der Waals surface area contributed by atoms with Crippen molar-refractivity contribution >= 4 is 144 Å². The average Bonchev–Trinajstić information content (AvgIpc) is 1.56. The summed E-state index contributed by atoms with van der Waals surface area (Å²) in [5, 5.41) is 1.83. The molecule has 0 bridgehead atoms. The lowest BCUT2D eigenvalue weighted by Gasteiger charge is -2.33. The number of anilines is 9. The van der Waals surface area contributed by atoms with E-state index in [0.29, 0.717) is 28.5 Å². The molecule has 0 spiro atoms. The van der Waals surface area contributed by atoms with Gasteiger partial charge in [-0.1, -0.05) is 153 Å². The minimum atomic E-state index is 0. The normalized spacial score (nSPS) is 12.6. The molecule has 3 aliphatic rings. The molecule has 0 saturated carbocycles. The molecule has 9 heterocycles. The minimum Gasteiger partial charge on any atom is -0.453 e. The van der Waals surface area contributed by atoms with Gasteiger partial charge in [0.25, 0.3) is 0 Å². The van der Waals surface area contributed by atoms with Gasteiger partial charge in [-0.2, -0.15) is 0 Å². The van der Waals surface area contributed by atoms with Crippen molar-refractivity contribution in [2.75, 3.05) is 14.7 Å². The van der Waals surface area contributed by atoms with Crippen LogP contribution in [0.4, 0.5) is 51.2 Å². The standard InChI is InChI=1S/C45H26N6O2S.C44H26N4O3S.CH4/c1-3-15-27(16-4-1)43-47-37-40(49-33-23-11-13-25-35(33)52-36-26-14-12-24-34(36)49)42-38(48-44(54-42)28-17-5-2-6-18-28)39(41(37)53-43)51-32-22-10-9-21-31(32)50-30-20-8-7-19-29(30)46-45(50)51;1-5-13-37-33(9-1)47(34-10-2-6-14-38(34)49-37)29-21-17-27(18-22-29)43-45-31-26-42-32(25-41(31)51-43)46-44(52-42)28-19-23-30(24-20-28)48-35-11-3-7-15-39(35)50-40-16-8-4-12-36(40)48;/h1-26H;1-26H;1H4. The zero-order valence-electron chi connectivity index (χ0n) is 55.9. The number of benzene rings is 14. The number of aromatic nitrogens is 7. The van der Waals surface area contributed by atoms with Gasteiger partial charge in [-0.25, -0.2) is 24.9 Å². The second kappa shape index (κ2) is 24.5. The number of fused-ring (bicyclic) bond motifs is 15. The molecule has 508 valence electrons. The maximum absolute atomic E-state index is 7.05. The Kier molecular flexibility index (Phi) is 14.1. The van der Waals surface area contributed by atoms with Crippen molar-refractivity contribution in [2.24, 2.45) is 0 Å². The van der Waals surface area contributed by atoms with E-state index in [2.05, 4.69) is 181 Å². The second-order valence-corrected chi connectivity index (χ2v) is 28.0.